The highest BCUT2D eigenvalue weighted by Crippen LogP contribution is 2.18. The maximum absolute atomic E-state index is 12.9. The molecule has 0 aromatic carbocycles. The van der Waals surface area contributed by atoms with Gasteiger partial charge >= 0.3 is 6.09 Å². The highest BCUT2D eigenvalue weighted by Gasteiger charge is 2.34. The average Bonchev–Trinajstić information content (AvgIpc) is 2.52. The molecule has 0 bridgehead atoms. The van der Waals surface area contributed by atoms with Crippen molar-refractivity contribution in [2.24, 2.45) is 5.73 Å². The monoisotopic (exact) mass is 348 g/mol. The van der Waals surface area contributed by atoms with E-state index in [1.165, 1.54) is 0 Å². The fraction of sp³-hybridized carbons (Fsp3) is 0.611. The molecule has 1 aliphatic heterocycles. The summed E-state index contributed by atoms with van der Waals surface area (Å²) in [6.45, 7) is 10.7. The molecule has 7 nitrogen and oxygen atoms in total. The van der Waals surface area contributed by atoms with E-state index in [-0.39, 0.29) is 24.6 Å². The van der Waals surface area contributed by atoms with E-state index in [2.05, 4.69) is 4.98 Å². The predicted octanol–water partition coefficient (Wildman–Crippen LogP) is 1.72. The van der Waals surface area contributed by atoms with Crippen molar-refractivity contribution < 1.29 is 14.3 Å². The number of nitrogens with zero attached hydrogens (tertiary/aromatic N) is 3. The van der Waals surface area contributed by atoms with Gasteiger partial charge in [-0.15, -0.1) is 0 Å². The van der Waals surface area contributed by atoms with Crippen molar-refractivity contribution in [1.82, 2.24) is 14.8 Å². The Labute approximate surface area is 149 Å². The molecule has 1 aromatic rings. The largest absolute Gasteiger partial charge is 0.444 e. The molecule has 1 aliphatic rings. The van der Waals surface area contributed by atoms with Gasteiger partial charge in [0.15, 0.2) is 0 Å². The normalized spacial score (nSPS) is 18.2. The molecule has 0 spiro atoms. The number of nitrogens with two attached hydrogens (primary N) is 1. The molecule has 0 radical (unpaired) electrons. The second kappa shape index (κ2) is 7.39. The topological polar surface area (TPSA) is 88.8 Å². The summed E-state index contributed by atoms with van der Waals surface area (Å²) < 4.78 is 5.42. The van der Waals surface area contributed by atoms with Crippen LogP contribution in [0.1, 0.15) is 42.5 Å². The zero-order chi connectivity index (χ0) is 18.8. The minimum absolute atomic E-state index is 0.0933. The highest BCUT2D eigenvalue weighted by molar-refractivity contribution is 5.95. The Morgan fingerprint density at radius 1 is 1.28 bits per heavy atom. The van der Waals surface area contributed by atoms with Gasteiger partial charge in [0, 0.05) is 31.9 Å². The predicted molar refractivity (Wildman–Crippen MR) is 95.4 cm³/mol. The molecule has 138 valence electrons. The summed E-state index contributed by atoms with van der Waals surface area (Å²) in [7, 11) is 0. The van der Waals surface area contributed by atoms with Crippen LogP contribution in [-0.2, 0) is 4.74 Å². The number of carbonyl (C=O) groups is 2. The first-order valence-corrected chi connectivity index (χ1v) is 8.55. The van der Waals surface area contributed by atoms with Crippen molar-refractivity contribution in [3.8, 4) is 0 Å². The molecule has 0 saturated carbocycles. The maximum atomic E-state index is 12.9. The lowest BCUT2D eigenvalue weighted by Crippen LogP contribution is -2.59. The number of rotatable bonds is 2. The summed E-state index contributed by atoms with van der Waals surface area (Å²) >= 11 is 0. The summed E-state index contributed by atoms with van der Waals surface area (Å²) in [4.78, 5) is 32.9. The second-order valence-corrected chi connectivity index (χ2v) is 7.40. The number of pyridine rings is 1. The van der Waals surface area contributed by atoms with Gasteiger partial charge in [-0.05, 0) is 46.8 Å². The van der Waals surface area contributed by atoms with Gasteiger partial charge in [-0.1, -0.05) is 0 Å². The summed E-state index contributed by atoms with van der Waals surface area (Å²) in [6, 6.07) is 3.39. The van der Waals surface area contributed by atoms with Gasteiger partial charge in [0.1, 0.15) is 5.60 Å². The van der Waals surface area contributed by atoms with Gasteiger partial charge in [-0.2, -0.15) is 0 Å². The summed E-state index contributed by atoms with van der Waals surface area (Å²) in [6.07, 6.45) is -0.369. The standard InChI is InChI=1S/C18H28N4O3/c1-12-6-7-15(13(2)20-12)16(23)22-9-8-21(11-14(22)10-19)17(24)25-18(3,4)5/h6-7,14H,8-11,19H2,1-5H3. The Hall–Kier alpha value is -2.15. The van der Waals surface area contributed by atoms with Gasteiger partial charge in [-0.25, -0.2) is 4.79 Å². The van der Waals surface area contributed by atoms with E-state index in [0.717, 1.165) is 5.69 Å². The summed E-state index contributed by atoms with van der Waals surface area (Å²) in [5, 5.41) is 0. The van der Waals surface area contributed by atoms with Crippen LogP contribution in [0.3, 0.4) is 0 Å². The molecule has 7 heteroatoms. The number of hydrogen-bond donors (Lipinski definition) is 1. The molecule has 1 aromatic heterocycles. The van der Waals surface area contributed by atoms with Crippen molar-refractivity contribution in [3.63, 3.8) is 0 Å². The van der Waals surface area contributed by atoms with E-state index in [1.807, 2.05) is 40.7 Å². The Balaban J connectivity index is 2.11. The number of hydrogen-bond acceptors (Lipinski definition) is 5. The average molecular weight is 348 g/mol. The Morgan fingerprint density at radius 3 is 2.52 bits per heavy atom. The van der Waals surface area contributed by atoms with Crippen LogP contribution in [0.5, 0.6) is 0 Å². The Bertz CT molecular complexity index is 654. The van der Waals surface area contributed by atoms with Crippen LogP contribution in [0, 0.1) is 13.8 Å². The highest BCUT2D eigenvalue weighted by atomic mass is 16.6. The van der Waals surface area contributed by atoms with Crippen molar-refractivity contribution in [1.29, 1.82) is 0 Å². The number of amides is 2. The van der Waals surface area contributed by atoms with Gasteiger partial charge in [-0.3, -0.25) is 9.78 Å². The molecule has 2 heterocycles. The molecule has 25 heavy (non-hydrogen) atoms. The zero-order valence-electron chi connectivity index (χ0n) is 15.7. The molecule has 1 unspecified atom stereocenters. The number of ether oxygens (including phenoxy) is 1. The molecule has 1 atom stereocenters. The first kappa shape index (κ1) is 19.2. The lowest BCUT2D eigenvalue weighted by atomic mass is 10.1. The summed E-state index contributed by atoms with van der Waals surface area (Å²) in [5.41, 5.74) is 7.48. The van der Waals surface area contributed by atoms with Gasteiger partial charge in [0.25, 0.3) is 5.91 Å². The number of carbonyl (C=O) groups excluding carboxylic acids is 2. The lowest BCUT2D eigenvalue weighted by molar-refractivity contribution is 0.00524. The fourth-order valence-electron chi connectivity index (χ4n) is 2.88. The quantitative estimate of drug-likeness (QED) is 0.879. The van der Waals surface area contributed by atoms with Gasteiger partial charge < -0.3 is 20.3 Å². The summed E-state index contributed by atoms with van der Waals surface area (Å²) in [5.74, 6) is -0.0933. The molecule has 0 aliphatic carbocycles. The zero-order valence-corrected chi connectivity index (χ0v) is 15.7. The van der Waals surface area contributed by atoms with Crippen molar-refractivity contribution in [3.05, 3.63) is 29.1 Å². The number of aromatic nitrogens is 1. The van der Waals surface area contributed by atoms with E-state index in [0.29, 0.717) is 30.9 Å². The third-order valence-corrected chi connectivity index (χ3v) is 4.12. The molecule has 1 fully saturated rings. The van der Waals surface area contributed by atoms with Crippen molar-refractivity contribution in [2.75, 3.05) is 26.2 Å². The molecule has 2 amide bonds. The maximum Gasteiger partial charge on any atom is 0.410 e. The van der Waals surface area contributed by atoms with Gasteiger partial charge in [0.2, 0.25) is 0 Å². The molecular formula is C18H28N4O3. The number of piperazine rings is 1. The third-order valence-electron chi connectivity index (χ3n) is 4.12. The van der Waals surface area contributed by atoms with Crippen LogP contribution >= 0.6 is 0 Å². The van der Waals surface area contributed by atoms with Crippen LogP contribution in [-0.4, -0.2) is 64.6 Å². The number of aryl methyl sites for hydroxylation is 2. The third kappa shape index (κ3) is 4.69. The molecule has 1 saturated heterocycles. The van der Waals surface area contributed by atoms with Crippen LogP contribution in [0.25, 0.3) is 0 Å². The lowest BCUT2D eigenvalue weighted by Gasteiger charge is -2.41. The minimum Gasteiger partial charge on any atom is -0.444 e. The van der Waals surface area contributed by atoms with Gasteiger partial charge in [0.05, 0.1) is 17.3 Å². The van der Waals surface area contributed by atoms with Crippen LogP contribution in [0.4, 0.5) is 4.79 Å². The van der Waals surface area contributed by atoms with E-state index < -0.39 is 5.60 Å². The van der Waals surface area contributed by atoms with E-state index in [1.54, 1.807) is 15.9 Å². The van der Waals surface area contributed by atoms with E-state index >= 15 is 0 Å². The molecular weight excluding hydrogens is 320 g/mol. The molecule has 2 N–H and O–H groups in total. The van der Waals surface area contributed by atoms with E-state index in [4.69, 9.17) is 10.5 Å². The molecule has 2 rings (SSSR count). The van der Waals surface area contributed by atoms with Crippen LogP contribution < -0.4 is 5.73 Å². The Kier molecular flexibility index (Phi) is 5.67. The SMILES string of the molecule is Cc1ccc(C(=O)N2CCN(C(=O)OC(C)(C)C)CC2CN)c(C)n1. The van der Waals surface area contributed by atoms with Crippen LogP contribution in [0.15, 0.2) is 12.1 Å². The fourth-order valence-corrected chi connectivity index (χ4v) is 2.88. The van der Waals surface area contributed by atoms with Crippen molar-refractivity contribution in [2.45, 2.75) is 46.3 Å². The first-order chi connectivity index (χ1) is 11.6. The first-order valence-electron chi connectivity index (χ1n) is 8.55. The second-order valence-electron chi connectivity index (χ2n) is 7.40. The minimum atomic E-state index is -0.549. The van der Waals surface area contributed by atoms with E-state index in [9.17, 15) is 9.59 Å². The Morgan fingerprint density at radius 2 is 1.96 bits per heavy atom. The smallest absolute Gasteiger partial charge is 0.410 e. The van der Waals surface area contributed by atoms with Crippen molar-refractivity contribution >= 4 is 12.0 Å². The van der Waals surface area contributed by atoms with Crippen LogP contribution in [0.2, 0.25) is 0 Å².